The van der Waals surface area contributed by atoms with Gasteiger partial charge in [-0.2, -0.15) is 0 Å². The maximum absolute atomic E-state index is 11.7. The van der Waals surface area contributed by atoms with Crippen molar-refractivity contribution >= 4 is 14.8 Å². The van der Waals surface area contributed by atoms with Gasteiger partial charge >= 0.3 is 5.97 Å². The summed E-state index contributed by atoms with van der Waals surface area (Å²) in [5.74, 6) is -0.217. The van der Waals surface area contributed by atoms with Gasteiger partial charge in [0.15, 0.2) is 0 Å². The predicted molar refractivity (Wildman–Crippen MR) is 96.6 cm³/mol. The Hall–Kier alpha value is -1.35. The van der Waals surface area contributed by atoms with E-state index in [1.807, 2.05) is 30.3 Å². The van der Waals surface area contributed by atoms with Crippen LogP contribution in [0.5, 0.6) is 0 Å². The van der Waals surface area contributed by atoms with Crippen LogP contribution in [-0.2, 0) is 16.1 Å². The zero-order valence-corrected chi connectivity index (χ0v) is 15.2. The van der Waals surface area contributed by atoms with Crippen LogP contribution in [0.25, 0.3) is 0 Å². The summed E-state index contributed by atoms with van der Waals surface area (Å²) in [5, 5.41) is 0. The molecular weight excluding hydrogens is 288 g/mol. The Kier molecular flexibility index (Phi) is 10.4. The Morgan fingerprint density at radius 3 is 2.50 bits per heavy atom. The first-order chi connectivity index (χ1) is 10.7. The molecule has 1 unspecified atom stereocenters. The second-order valence-electron chi connectivity index (χ2n) is 5.99. The molecule has 0 N–H and O–H groups in total. The molecule has 1 aromatic rings. The van der Waals surface area contributed by atoms with Crippen LogP contribution in [0.15, 0.2) is 42.1 Å². The molecule has 0 spiro atoms. The third kappa shape index (κ3) is 9.56. The molecule has 1 atom stereocenters. The molecule has 0 radical (unpaired) electrons. The minimum absolute atomic E-state index is 0.217. The molecule has 0 amide bonds. The fourth-order valence-corrected chi connectivity index (χ4v) is 3.97. The summed E-state index contributed by atoms with van der Waals surface area (Å²) >= 11 is 0. The maximum atomic E-state index is 11.7. The third-order valence-electron chi connectivity index (χ3n) is 3.80. The first-order valence-electron chi connectivity index (χ1n) is 8.61. The molecule has 0 bridgehead atoms. The van der Waals surface area contributed by atoms with Crippen molar-refractivity contribution < 1.29 is 9.53 Å². The smallest absolute Gasteiger partial charge is 0.330 e. The van der Waals surface area contributed by atoms with Crippen molar-refractivity contribution in [1.82, 2.24) is 0 Å². The summed E-state index contributed by atoms with van der Waals surface area (Å²) in [6.45, 7) is 4.90. The number of ether oxygens (including phenoxy) is 1. The van der Waals surface area contributed by atoms with Crippen molar-refractivity contribution in [3.05, 3.63) is 47.7 Å². The second kappa shape index (κ2) is 12.2. The van der Waals surface area contributed by atoms with Gasteiger partial charge < -0.3 is 4.74 Å². The molecule has 2 nitrogen and oxygen atoms in total. The monoisotopic (exact) mass is 318 g/mol. The molecule has 0 aliphatic rings. The molecule has 0 aromatic heterocycles. The molecule has 22 heavy (non-hydrogen) atoms. The lowest BCUT2D eigenvalue weighted by atomic mass is 10.1. The summed E-state index contributed by atoms with van der Waals surface area (Å²) in [5.41, 5.74) is 3.14. The van der Waals surface area contributed by atoms with E-state index in [0.29, 0.717) is 6.61 Å². The van der Waals surface area contributed by atoms with Gasteiger partial charge in [0.1, 0.15) is 6.61 Å². The molecular formula is C19H30O2Si. The molecule has 0 saturated heterocycles. The molecule has 1 aromatic carbocycles. The fourth-order valence-electron chi connectivity index (χ4n) is 2.36. The topological polar surface area (TPSA) is 26.3 Å². The summed E-state index contributed by atoms with van der Waals surface area (Å²) in [7, 11) is -0.897. The molecule has 0 aliphatic heterocycles. The summed E-state index contributed by atoms with van der Waals surface area (Å²) in [4.78, 5) is 11.7. The van der Waals surface area contributed by atoms with E-state index in [-0.39, 0.29) is 5.97 Å². The SMILES string of the molecule is CCCCCCCC[SiH](C)/C=C/C(=O)OCc1ccccc1. The van der Waals surface area contributed by atoms with Gasteiger partial charge in [-0.15, -0.1) is 0 Å². The van der Waals surface area contributed by atoms with Gasteiger partial charge in [-0.1, -0.05) is 94.1 Å². The Morgan fingerprint density at radius 1 is 1.09 bits per heavy atom. The number of unbranched alkanes of at least 4 members (excludes halogenated alkanes) is 5. The number of rotatable bonds is 11. The van der Waals surface area contributed by atoms with E-state index in [2.05, 4.69) is 19.2 Å². The highest BCUT2D eigenvalue weighted by molar-refractivity contribution is 6.63. The van der Waals surface area contributed by atoms with Crippen LogP contribution in [0.4, 0.5) is 0 Å². The number of carbonyl (C=O) groups excluding carboxylic acids is 1. The molecule has 0 fully saturated rings. The van der Waals surface area contributed by atoms with E-state index in [1.165, 1.54) is 44.6 Å². The van der Waals surface area contributed by atoms with Crippen molar-refractivity contribution in [2.45, 2.75) is 64.6 Å². The average molecular weight is 319 g/mol. The van der Waals surface area contributed by atoms with Crippen LogP contribution < -0.4 is 0 Å². The van der Waals surface area contributed by atoms with E-state index in [4.69, 9.17) is 4.74 Å². The molecule has 122 valence electrons. The van der Waals surface area contributed by atoms with Crippen molar-refractivity contribution in [1.29, 1.82) is 0 Å². The minimum Gasteiger partial charge on any atom is -0.458 e. The van der Waals surface area contributed by atoms with Crippen LogP contribution in [-0.4, -0.2) is 14.8 Å². The van der Waals surface area contributed by atoms with Gasteiger partial charge in [0.2, 0.25) is 0 Å². The number of esters is 1. The number of carbonyl (C=O) groups is 1. The van der Waals surface area contributed by atoms with Crippen molar-refractivity contribution in [3.63, 3.8) is 0 Å². The minimum atomic E-state index is -0.897. The first-order valence-corrected chi connectivity index (χ1v) is 11.2. The van der Waals surface area contributed by atoms with Gasteiger partial charge in [0.05, 0.1) is 8.80 Å². The van der Waals surface area contributed by atoms with Gasteiger partial charge in [0, 0.05) is 6.08 Å². The van der Waals surface area contributed by atoms with Gasteiger partial charge in [-0.05, 0) is 5.56 Å². The highest BCUT2D eigenvalue weighted by Crippen LogP contribution is 2.09. The maximum Gasteiger partial charge on any atom is 0.330 e. The largest absolute Gasteiger partial charge is 0.458 e. The molecule has 1 rings (SSSR count). The highest BCUT2D eigenvalue weighted by atomic mass is 28.3. The molecule has 3 heteroatoms. The number of benzene rings is 1. The first kappa shape index (κ1) is 18.7. The number of hydrogen-bond acceptors (Lipinski definition) is 2. The van der Waals surface area contributed by atoms with Crippen LogP contribution in [0, 0.1) is 0 Å². The highest BCUT2D eigenvalue weighted by Gasteiger charge is 2.02. The molecule has 0 aliphatic carbocycles. The Labute approximate surface area is 137 Å². The Morgan fingerprint density at radius 2 is 1.77 bits per heavy atom. The van der Waals surface area contributed by atoms with Crippen LogP contribution in [0.1, 0.15) is 51.0 Å². The van der Waals surface area contributed by atoms with Gasteiger partial charge in [0.25, 0.3) is 0 Å². The molecule has 0 saturated carbocycles. The standard InChI is InChI=1S/C19H30O2Si/c1-3-4-5-6-7-11-15-22(2)16-14-19(20)21-17-18-12-9-8-10-13-18/h8-10,12-14,16,22H,3-7,11,15,17H2,1-2H3/b16-14+. The molecule has 0 heterocycles. The summed E-state index contributed by atoms with van der Waals surface area (Å²) < 4.78 is 5.24. The Bertz CT molecular complexity index is 428. The average Bonchev–Trinajstić information content (AvgIpc) is 2.55. The van der Waals surface area contributed by atoms with Crippen molar-refractivity contribution in [3.8, 4) is 0 Å². The zero-order chi connectivity index (χ0) is 16.0. The third-order valence-corrected chi connectivity index (χ3v) is 5.97. The van der Waals surface area contributed by atoms with E-state index in [0.717, 1.165) is 5.56 Å². The zero-order valence-electron chi connectivity index (χ0n) is 14.1. The lowest BCUT2D eigenvalue weighted by molar-refractivity contribution is -0.138. The van der Waals surface area contributed by atoms with Crippen LogP contribution >= 0.6 is 0 Å². The van der Waals surface area contributed by atoms with E-state index in [9.17, 15) is 4.79 Å². The quantitative estimate of drug-likeness (QED) is 0.247. The van der Waals surface area contributed by atoms with Gasteiger partial charge in [-0.25, -0.2) is 4.79 Å². The lowest BCUT2D eigenvalue weighted by Crippen LogP contribution is -2.06. The van der Waals surface area contributed by atoms with Gasteiger partial charge in [-0.3, -0.25) is 0 Å². The van der Waals surface area contributed by atoms with E-state index < -0.39 is 8.80 Å². The van der Waals surface area contributed by atoms with Crippen molar-refractivity contribution in [2.24, 2.45) is 0 Å². The fraction of sp³-hybridized carbons (Fsp3) is 0.526. The predicted octanol–water partition coefficient (Wildman–Crippen LogP) is 5.04. The lowest BCUT2D eigenvalue weighted by Gasteiger charge is -2.05. The van der Waals surface area contributed by atoms with E-state index in [1.54, 1.807) is 6.08 Å². The normalized spacial score (nSPS) is 12.5. The second-order valence-corrected chi connectivity index (χ2v) is 8.90. The summed E-state index contributed by atoms with van der Waals surface area (Å²) in [6, 6.07) is 11.1. The summed E-state index contributed by atoms with van der Waals surface area (Å²) in [6.07, 6.45) is 9.67. The van der Waals surface area contributed by atoms with E-state index >= 15 is 0 Å². The van der Waals surface area contributed by atoms with Crippen LogP contribution in [0.3, 0.4) is 0 Å². The van der Waals surface area contributed by atoms with Crippen molar-refractivity contribution in [2.75, 3.05) is 0 Å². The van der Waals surface area contributed by atoms with Crippen LogP contribution in [0.2, 0.25) is 12.6 Å². The number of hydrogen-bond donors (Lipinski definition) is 0. The Balaban J connectivity index is 2.10.